The summed E-state index contributed by atoms with van der Waals surface area (Å²) >= 11 is 0. The van der Waals surface area contributed by atoms with E-state index >= 15 is 0 Å². The van der Waals surface area contributed by atoms with Crippen LogP contribution in [0.1, 0.15) is 42.9 Å². The molecule has 0 radical (unpaired) electrons. The molecule has 1 aromatic carbocycles. The first-order valence-corrected chi connectivity index (χ1v) is 5.79. The molecular weight excluding hydrogens is 184 g/mol. The first-order chi connectivity index (χ1) is 6.99. The highest BCUT2D eigenvalue weighted by atomic mass is 16.3. The maximum absolute atomic E-state index is 10.4. The summed E-state index contributed by atoms with van der Waals surface area (Å²) in [5.41, 5.74) is 2.99. The van der Waals surface area contributed by atoms with E-state index in [9.17, 15) is 5.11 Å². The molecule has 1 heteroatoms. The molecule has 0 amide bonds. The van der Waals surface area contributed by atoms with Crippen LogP contribution in [-0.2, 0) is 5.60 Å². The van der Waals surface area contributed by atoms with E-state index in [2.05, 4.69) is 32.0 Å². The summed E-state index contributed by atoms with van der Waals surface area (Å²) in [6.45, 7) is 6.15. The molecule has 1 saturated carbocycles. The number of hydrogen-bond donors (Lipinski definition) is 1. The Morgan fingerprint density at radius 1 is 1.27 bits per heavy atom. The molecular formula is C14H20O. The molecule has 0 spiro atoms. The Kier molecular flexibility index (Phi) is 2.59. The summed E-state index contributed by atoms with van der Waals surface area (Å²) in [6, 6.07) is 6.29. The van der Waals surface area contributed by atoms with Crippen LogP contribution in [0.4, 0.5) is 0 Å². The topological polar surface area (TPSA) is 20.2 Å². The van der Waals surface area contributed by atoms with Crippen molar-refractivity contribution in [3.8, 4) is 0 Å². The lowest BCUT2D eigenvalue weighted by Crippen LogP contribution is -2.22. The largest absolute Gasteiger partial charge is 0.385 e. The Balaban J connectivity index is 2.22. The van der Waals surface area contributed by atoms with Gasteiger partial charge >= 0.3 is 0 Å². The van der Waals surface area contributed by atoms with Crippen LogP contribution in [-0.4, -0.2) is 5.11 Å². The second-order valence-electron chi connectivity index (χ2n) is 5.22. The van der Waals surface area contributed by atoms with Gasteiger partial charge in [0.2, 0.25) is 0 Å². The van der Waals surface area contributed by atoms with Crippen LogP contribution in [0.3, 0.4) is 0 Å². The van der Waals surface area contributed by atoms with Crippen LogP contribution < -0.4 is 0 Å². The molecule has 0 aromatic heterocycles. The molecule has 1 aromatic rings. The van der Waals surface area contributed by atoms with E-state index in [4.69, 9.17) is 0 Å². The fourth-order valence-corrected chi connectivity index (χ4v) is 2.08. The Hall–Kier alpha value is -0.820. The van der Waals surface area contributed by atoms with Crippen molar-refractivity contribution in [2.45, 2.75) is 45.6 Å². The minimum absolute atomic E-state index is 0.639. The van der Waals surface area contributed by atoms with Crippen molar-refractivity contribution in [2.75, 3.05) is 0 Å². The van der Waals surface area contributed by atoms with Crippen LogP contribution in [0.5, 0.6) is 0 Å². The molecule has 1 nitrogen and oxygen atoms in total. The van der Waals surface area contributed by atoms with Crippen molar-refractivity contribution in [1.29, 1.82) is 0 Å². The van der Waals surface area contributed by atoms with Gasteiger partial charge in [0.05, 0.1) is 5.60 Å². The lowest BCUT2D eigenvalue weighted by atomic mass is 9.88. The first-order valence-electron chi connectivity index (χ1n) is 5.79. The fraction of sp³-hybridized carbons (Fsp3) is 0.571. The average molecular weight is 204 g/mol. The molecule has 0 aliphatic heterocycles. The lowest BCUT2D eigenvalue weighted by Gasteiger charge is -2.24. The van der Waals surface area contributed by atoms with E-state index in [1.54, 1.807) is 0 Å². The van der Waals surface area contributed by atoms with Crippen molar-refractivity contribution < 1.29 is 5.11 Å². The van der Waals surface area contributed by atoms with Crippen LogP contribution in [0, 0.1) is 19.8 Å². The van der Waals surface area contributed by atoms with Crippen molar-refractivity contribution in [2.24, 2.45) is 5.92 Å². The van der Waals surface area contributed by atoms with Crippen LogP contribution in [0.2, 0.25) is 0 Å². The molecule has 82 valence electrons. The Morgan fingerprint density at radius 3 is 2.47 bits per heavy atom. The highest BCUT2D eigenvalue weighted by Gasteiger charge is 2.32. The minimum atomic E-state index is -0.639. The molecule has 0 bridgehead atoms. The second kappa shape index (κ2) is 3.64. The van der Waals surface area contributed by atoms with Crippen LogP contribution in [0.25, 0.3) is 0 Å². The third kappa shape index (κ3) is 2.40. The van der Waals surface area contributed by atoms with E-state index in [0.29, 0.717) is 0 Å². The highest BCUT2D eigenvalue weighted by molar-refractivity contribution is 5.33. The number of aliphatic hydroxyl groups is 1. The Labute approximate surface area is 92.1 Å². The molecule has 1 fully saturated rings. The molecule has 15 heavy (non-hydrogen) atoms. The first kappa shape index (κ1) is 10.7. The van der Waals surface area contributed by atoms with Gasteiger partial charge in [0.15, 0.2) is 0 Å². The Morgan fingerprint density at radius 2 is 1.93 bits per heavy atom. The third-order valence-electron chi connectivity index (χ3n) is 3.51. The predicted molar refractivity (Wildman–Crippen MR) is 62.8 cm³/mol. The number of aryl methyl sites for hydroxylation is 2. The monoisotopic (exact) mass is 204 g/mol. The lowest BCUT2D eigenvalue weighted by molar-refractivity contribution is 0.0417. The zero-order valence-electron chi connectivity index (χ0n) is 9.88. The van der Waals surface area contributed by atoms with Gasteiger partial charge in [-0.2, -0.15) is 0 Å². The quantitative estimate of drug-likeness (QED) is 0.801. The summed E-state index contributed by atoms with van der Waals surface area (Å²) in [4.78, 5) is 0. The van der Waals surface area contributed by atoms with Gasteiger partial charge < -0.3 is 5.11 Å². The standard InChI is InChI=1S/C14H20O/c1-10-4-7-13(8-11(10)2)14(3,15)9-12-5-6-12/h4,7-8,12,15H,5-6,9H2,1-3H3. The molecule has 1 unspecified atom stereocenters. The van der Waals surface area contributed by atoms with Gasteiger partial charge in [-0.15, -0.1) is 0 Å². The summed E-state index contributed by atoms with van der Waals surface area (Å²) in [5, 5.41) is 10.4. The van der Waals surface area contributed by atoms with Crippen LogP contribution in [0.15, 0.2) is 18.2 Å². The molecule has 0 saturated heterocycles. The zero-order valence-corrected chi connectivity index (χ0v) is 9.88. The summed E-state index contributed by atoms with van der Waals surface area (Å²) < 4.78 is 0. The van der Waals surface area contributed by atoms with E-state index in [1.807, 2.05) is 6.92 Å². The average Bonchev–Trinajstić information content (AvgIpc) is 2.92. The maximum Gasteiger partial charge on any atom is 0.0871 e. The molecule has 2 rings (SSSR count). The maximum atomic E-state index is 10.4. The predicted octanol–water partition coefficient (Wildman–Crippen LogP) is 3.31. The number of benzene rings is 1. The van der Waals surface area contributed by atoms with Gasteiger partial charge in [-0.05, 0) is 49.8 Å². The molecule has 1 aliphatic carbocycles. The molecule has 1 atom stereocenters. The van der Waals surface area contributed by atoms with Crippen molar-refractivity contribution in [1.82, 2.24) is 0 Å². The van der Waals surface area contributed by atoms with Crippen molar-refractivity contribution in [3.63, 3.8) is 0 Å². The zero-order chi connectivity index (χ0) is 11.1. The summed E-state index contributed by atoms with van der Waals surface area (Å²) in [5.74, 6) is 0.751. The SMILES string of the molecule is Cc1ccc(C(C)(O)CC2CC2)cc1C. The third-order valence-corrected chi connectivity index (χ3v) is 3.51. The number of rotatable bonds is 3. The van der Waals surface area contributed by atoms with Gasteiger partial charge in [-0.25, -0.2) is 0 Å². The van der Waals surface area contributed by atoms with Crippen molar-refractivity contribution >= 4 is 0 Å². The number of hydrogen-bond acceptors (Lipinski definition) is 1. The molecule has 1 aliphatic rings. The van der Waals surface area contributed by atoms with Gasteiger partial charge in [0.1, 0.15) is 0 Å². The van der Waals surface area contributed by atoms with Gasteiger partial charge in [0.25, 0.3) is 0 Å². The van der Waals surface area contributed by atoms with Crippen LogP contribution >= 0.6 is 0 Å². The Bertz CT molecular complexity index is 362. The van der Waals surface area contributed by atoms with Gasteiger partial charge in [0, 0.05) is 0 Å². The summed E-state index contributed by atoms with van der Waals surface area (Å²) in [7, 11) is 0. The second-order valence-corrected chi connectivity index (χ2v) is 5.22. The molecule has 0 heterocycles. The van der Waals surface area contributed by atoms with E-state index in [1.165, 1.54) is 24.0 Å². The van der Waals surface area contributed by atoms with Gasteiger partial charge in [-0.1, -0.05) is 31.0 Å². The minimum Gasteiger partial charge on any atom is -0.385 e. The normalized spacial score (nSPS) is 20.0. The summed E-state index contributed by atoms with van der Waals surface area (Å²) in [6.07, 6.45) is 3.50. The van der Waals surface area contributed by atoms with E-state index in [-0.39, 0.29) is 0 Å². The van der Waals surface area contributed by atoms with E-state index < -0.39 is 5.60 Å². The highest BCUT2D eigenvalue weighted by Crippen LogP contribution is 2.40. The molecule has 1 N–H and O–H groups in total. The van der Waals surface area contributed by atoms with Gasteiger partial charge in [-0.3, -0.25) is 0 Å². The fourth-order valence-electron chi connectivity index (χ4n) is 2.08. The van der Waals surface area contributed by atoms with Crippen molar-refractivity contribution in [3.05, 3.63) is 34.9 Å². The smallest absolute Gasteiger partial charge is 0.0871 e. The van der Waals surface area contributed by atoms with E-state index in [0.717, 1.165) is 17.9 Å².